The zero-order valence-corrected chi connectivity index (χ0v) is 9.80. The van der Waals surface area contributed by atoms with Crippen LogP contribution in [0.5, 0.6) is 0 Å². The Morgan fingerprint density at radius 3 is 2.47 bits per heavy atom. The molecule has 1 aromatic rings. The van der Waals surface area contributed by atoms with Crippen LogP contribution < -0.4 is 0 Å². The van der Waals surface area contributed by atoms with Gasteiger partial charge in [0.05, 0.1) is 15.5 Å². The van der Waals surface area contributed by atoms with Crippen molar-refractivity contribution in [2.24, 2.45) is 0 Å². The van der Waals surface area contributed by atoms with Gasteiger partial charge in [-0.1, -0.05) is 11.6 Å². The maximum Gasteiger partial charge on any atom is 0.337 e. The molecule has 0 saturated heterocycles. The summed E-state index contributed by atoms with van der Waals surface area (Å²) in [4.78, 5) is 10.2. The Morgan fingerprint density at radius 2 is 2.00 bits per heavy atom. The van der Waals surface area contributed by atoms with E-state index in [4.69, 9.17) is 16.7 Å². The number of rotatable bonds is 4. The molecule has 0 aliphatic carbocycles. The molecule has 1 aromatic carbocycles. The van der Waals surface area contributed by atoms with Gasteiger partial charge < -0.3 is 5.11 Å². The molecule has 1 N–H and O–H groups in total. The molecule has 1 rings (SSSR count). The van der Waals surface area contributed by atoms with Crippen LogP contribution in [0.25, 0.3) is 0 Å². The minimum absolute atomic E-state index is 0.159. The van der Waals surface area contributed by atoms with E-state index in [1.165, 1.54) is 0 Å². The Kier molecular flexibility index (Phi) is 4.05. The van der Waals surface area contributed by atoms with Crippen molar-refractivity contribution in [1.82, 2.24) is 0 Å². The molecule has 0 saturated carbocycles. The first-order chi connectivity index (χ1) is 7.74. The second-order valence-corrected chi connectivity index (χ2v) is 5.56. The van der Waals surface area contributed by atoms with Crippen LogP contribution in [0.4, 0.5) is 8.78 Å². The minimum Gasteiger partial charge on any atom is -0.478 e. The predicted octanol–water partition coefficient (Wildman–Crippen LogP) is 2.08. The lowest BCUT2D eigenvalue weighted by Crippen LogP contribution is -2.14. The second-order valence-electron chi connectivity index (χ2n) is 3.12. The van der Waals surface area contributed by atoms with Gasteiger partial charge in [0.2, 0.25) is 0 Å². The topological polar surface area (TPSA) is 71.4 Å². The fourth-order valence-electron chi connectivity index (χ4n) is 1.12. The zero-order chi connectivity index (χ0) is 13.2. The van der Waals surface area contributed by atoms with Gasteiger partial charge in [0.1, 0.15) is 5.75 Å². The Hall–Kier alpha value is -1.21. The average molecular weight is 285 g/mol. The highest BCUT2D eigenvalue weighted by atomic mass is 35.5. The summed E-state index contributed by atoms with van der Waals surface area (Å²) < 4.78 is 46.9. The Morgan fingerprint density at radius 1 is 1.41 bits per heavy atom. The average Bonchev–Trinajstić information content (AvgIpc) is 2.15. The molecule has 0 bridgehead atoms. The number of carboxylic acids is 1. The van der Waals surface area contributed by atoms with Crippen molar-refractivity contribution in [3.8, 4) is 0 Å². The highest BCUT2D eigenvalue weighted by molar-refractivity contribution is 7.91. The molecule has 0 spiro atoms. The summed E-state index contributed by atoms with van der Waals surface area (Å²) in [5, 5.41) is 8.55. The SMILES string of the molecule is O=C(O)c1cc(S(=O)(=O)CC(F)F)ccc1Cl. The van der Waals surface area contributed by atoms with Crippen LogP contribution in [0.15, 0.2) is 23.1 Å². The van der Waals surface area contributed by atoms with Crippen LogP contribution in [-0.2, 0) is 9.84 Å². The summed E-state index contributed by atoms with van der Waals surface area (Å²) in [7, 11) is -4.20. The fourth-order valence-corrected chi connectivity index (χ4v) is 2.42. The summed E-state index contributed by atoms with van der Waals surface area (Å²) in [6, 6.07) is 2.80. The summed E-state index contributed by atoms with van der Waals surface area (Å²) in [5.41, 5.74) is -0.443. The monoisotopic (exact) mass is 284 g/mol. The van der Waals surface area contributed by atoms with E-state index >= 15 is 0 Å². The van der Waals surface area contributed by atoms with Crippen LogP contribution in [0, 0.1) is 0 Å². The van der Waals surface area contributed by atoms with Gasteiger partial charge in [-0.15, -0.1) is 0 Å². The van der Waals surface area contributed by atoms with Gasteiger partial charge in [0.15, 0.2) is 9.84 Å². The molecule has 0 fully saturated rings. The minimum atomic E-state index is -4.20. The maximum absolute atomic E-state index is 12.0. The van der Waals surface area contributed by atoms with E-state index in [0.29, 0.717) is 0 Å². The molecule has 0 aliphatic rings. The molecule has 4 nitrogen and oxygen atoms in total. The van der Waals surface area contributed by atoms with E-state index in [-0.39, 0.29) is 5.02 Å². The third kappa shape index (κ3) is 3.37. The Labute approximate surface area is 101 Å². The van der Waals surface area contributed by atoms with Gasteiger partial charge in [0.25, 0.3) is 6.43 Å². The number of aromatic carboxylic acids is 1. The van der Waals surface area contributed by atoms with E-state index < -0.39 is 38.4 Å². The van der Waals surface area contributed by atoms with Gasteiger partial charge in [-0.05, 0) is 18.2 Å². The molecule has 0 unspecified atom stereocenters. The lowest BCUT2D eigenvalue weighted by molar-refractivity contribution is 0.0697. The fraction of sp³-hybridized carbons (Fsp3) is 0.222. The number of hydrogen-bond donors (Lipinski definition) is 1. The normalized spacial score (nSPS) is 11.8. The molecular formula is C9H7ClF2O4S. The molecular weight excluding hydrogens is 278 g/mol. The van der Waals surface area contributed by atoms with E-state index in [1.807, 2.05) is 0 Å². The van der Waals surface area contributed by atoms with Crippen LogP contribution >= 0.6 is 11.6 Å². The maximum atomic E-state index is 12.0. The third-order valence-electron chi connectivity index (χ3n) is 1.87. The zero-order valence-electron chi connectivity index (χ0n) is 8.23. The number of benzene rings is 1. The van der Waals surface area contributed by atoms with Gasteiger partial charge >= 0.3 is 5.97 Å². The molecule has 94 valence electrons. The van der Waals surface area contributed by atoms with Crippen molar-refractivity contribution in [3.63, 3.8) is 0 Å². The number of hydrogen-bond acceptors (Lipinski definition) is 3. The summed E-state index contributed by atoms with van der Waals surface area (Å²) in [6.07, 6.45) is -3.02. The first-order valence-corrected chi connectivity index (χ1v) is 6.31. The smallest absolute Gasteiger partial charge is 0.337 e. The van der Waals surface area contributed by atoms with Crippen LogP contribution in [0.1, 0.15) is 10.4 Å². The van der Waals surface area contributed by atoms with Gasteiger partial charge in [-0.3, -0.25) is 0 Å². The lowest BCUT2D eigenvalue weighted by atomic mass is 10.2. The molecule has 8 heteroatoms. The lowest BCUT2D eigenvalue weighted by Gasteiger charge is -2.05. The standard InChI is InChI=1S/C9H7ClF2O4S/c10-7-2-1-5(3-6(7)9(13)14)17(15,16)4-8(11)12/h1-3,8H,4H2,(H,13,14). The first kappa shape index (κ1) is 13.9. The summed E-state index contributed by atoms with van der Waals surface area (Å²) in [5.74, 6) is -2.78. The van der Waals surface area contributed by atoms with Crippen LogP contribution in [0.2, 0.25) is 5.02 Å². The Balaban J connectivity index is 3.25. The Bertz CT molecular complexity index is 542. The molecule has 17 heavy (non-hydrogen) atoms. The molecule has 0 atom stereocenters. The van der Waals surface area contributed by atoms with Crippen LogP contribution in [-0.4, -0.2) is 31.7 Å². The number of alkyl halides is 2. The van der Waals surface area contributed by atoms with Gasteiger partial charge in [-0.2, -0.15) is 0 Å². The second kappa shape index (κ2) is 4.97. The van der Waals surface area contributed by atoms with E-state index in [2.05, 4.69) is 0 Å². The van der Waals surface area contributed by atoms with E-state index in [9.17, 15) is 22.0 Å². The summed E-state index contributed by atoms with van der Waals surface area (Å²) in [6.45, 7) is 0. The number of carboxylic acid groups (broad SMARTS) is 1. The van der Waals surface area contributed by atoms with Gasteiger partial charge in [0, 0.05) is 0 Å². The molecule has 0 aliphatic heterocycles. The summed E-state index contributed by atoms with van der Waals surface area (Å²) >= 11 is 5.52. The largest absolute Gasteiger partial charge is 0.478 e. The molecule has 0 heterocycles. The van der Waals surface area contributed by atoms with Crippen molar-refractivity contribution in [3.05, 3.63) is 28.8 Å². The molecule has 0 amide bonds. The van der Waals surface area contributed by atoms with Crippen molar-refractivity contribution >= 4 is 27.4 Å². The van der Waals surface area contributed by atoms with Crippen LogP contribution in [0.3, 0.4) is 0 Å². The van der Waals surface area contributed by atoms with Crippen molar-refractivity contribution < 1.29 is 27.1 Å². The first-order valence-electron chi connectivity index (χ1n) is 4.28. The van der Waals surface area contributed by atoms with Gasteiger partial charge in [-0.25, -0.2) is 22.0 Å². The highest BCUT2D eigenvalue weighted by Gasteiger charge is 2.22. The van der Waals surface area contributed by atoms with Crippen molar-refractivity contribution in [2.75, 3.05) is 5.75 Å². The molecule has 0 radical (unpaired) electrons. The molecule has 0 aromatic heterocycles. The predicted molar refractivity (Wildman–Crippen MR) is 56.5 cm³/mol. The highest BCUT2D eigenvalue weighted by Crippen LogP contribution is 2.22. The number of sulfone groups is 1. The quantitative estimate of drug-likeness (QED) is 0.919. The number of carbonyl (C=O) groups is 1. The van der Waals surface area contributed by atoms with E-state index in [0.717, 1.165) is 18.2 Å². The van der Waals surface area contributed by atoms with E-state index in [1.54, 1.807) is 0 Å². The number of halogens is 3. The third-order valence-corrected chi connectivity index (χ3v) is 3.87. The van der Waals surface area contributed by atoms with Crippen molar-refractivity contribution in [2.45, 2.75) is 11.3 Å². The van der Waals surface area contributed by atoms with Crippen molar-refractivity contribution in [1.29, 1.82) is 0 Å².